The Bertz CT molecular complexity index is 689. The van der Waals surface area contributed by atoms with Crippen molar-refractivity contribution in [2.75, 3.05) is 52.6 Å². The van der Waals surface area contributed by atoms with Gasteiger partial charge < -0.3 is 24.0 Å². The minimum absolute atomic E-state index is 0.0265. The lowest BCUT2D eigenvalue weighted by atomic mass is 10.1. The van der Waals surface area contributed by atoms with E-state index >= 15 is 0 Å². The Balaban J connectivity index is 1.75. The van der Waals surface area contributed by atoms with Crippen LogP contribution in [0.15, 0.2) is 12.1 Å². The smallest absolute Gasteiger partial charge is 0.260 e. The van der Waals surface area contributed by atoms with Gasteiger partial charge in [-0.15, -0.1) is 0 Å². The van der Waals surface area contributed by atoms with Gasteiger partial charge in [0.05, 0.1) is 23.4 Å². The van der Waals surface area contributed by atoms with Gasteiger partial charge in [-0.25, -0.2) is 0 Å². The summed E-state index contributed by atoms with van der Waals surface area (Å²) in [7, 11) is 0. The van der Waals surface area contributed by atoms with Crippen LogP contribution in [0.2, 0.25) is 0 Å². The molecule has 3 rings (SSSR count). The molecule has 0 radical (unpaired) electrons. The quantitative estimate of drug-likeness (QED) is 0.439. The number of nitrogens with zero attached hydrogens (tertiary/aromatic N) is 2. The van der Waals surface area contributed by atoms with Gasteiger partial charge in [-0.2, -0.15) is 0 Å². The number of benzene rings is 1. The first-order valence-corrected chi connectivity index (χ1v) is 10.8. The van der Waals surface area contributed by atoms with E-state index in [0.717, 1.165) is 53.1 Å². The van der Waals surface area contributed by atoms with Gasteiger partial charge in [0.2, 0.25) is 0 Å². The number of carbonyl (C=O) groups is 1. The number of hydrogen-bond acceptors (Lipinski definition) is 5. The minimum atomic E-state index is 0.0265. The Kier molecular flexibility index (Phi) is 7.54. The molecule has 1 aromatic rings. The van der Waals surface area contributed by atoms with E-state index < -0.39 is 0 Å². The van der Waals surface area contributed by atoms with Crippen LogP contribution in [0.4, 0.5) is 0 Å². The lowest BCUT2D eigenvalue weighted by Crippen LogP contribution is -2.40. The summed E-state index contributed by atoms with van der Waals surface area (Å²) in [6.45, 7) is 7.09. The van der Waals surface area contributed by atoms with Gasteiger partial charge in [-0.05, 0) is 54.5 Å². The molecule has 0 aliphatic carbocycles. The van der Waals surface area contributed by atoms with Crippen molar-refractivity contribution in [3.05, 3.63) is 21.3 Å². The lowest BCUT2D eigenvalue weighted by Gasteiger charge is -2.29. The summed E-state index contributed by atoms with van der Waals surface area (Å²) < 4.78 is 18.0. The molecule has 2 aliphatic rings. The van der Waals surface area contributed by atoms with Crippen LogP contribution >= 0.6 is 34.8 Å². The lowest BCUT2D eigenvalue weighted by molar-refractivity contribution is -0.132. The predicted molar refractivity (Wildman–Crippen MR) is 116 cm³/mol. The van der Waals surface area contributed by atoms with Crippen LogP contribution in [-0.4, -0.2) is 73.3 Å². The number of thiocarbonyl (C=S) groups is 1. The predicted octanol–water partition coefficient (Wildman–Crippen LogP) is 2.70. The van der Waals surface area contributed by atoms with Gasteiger partial charge in [-0.3, -0.25) is 4.79 Å². The van der Waals surface area contributed by atoms with Gasteiger partial charge in [-0.1, -0.05) is 12.2 Å². The SMILES string of the molecule is CCOc1cc(C(=S)N2CCOCC2)cc(I)c1OCC(=O)N1CCCC1. The van der Waals surface area contributed by atoms with E-state index in [1.54, 1.807) is 0 Å². The average Bonchev–Trinajstić information content (AvgIpc) is 3.22. The van der Waals surface area contributed by atoms with Gasteiger partial charge >= 0.3 is 0 Å². The second-order valence-corrected chi connectivity index (χ2v) is 8.05. The van der Waals surface area contributed by atoms with E-state index in [1.165, 1.54) is 0 Å². The second kappa shape index (κ2) is 9.88. The molecule has 0 bridgehead atoms. The van der Waals surface area contributed by atoms with Crippen molar-refractivity contribution in [2.24, 2.45) is 0 Å². The van der Waals surface area contributed by atoms with E-state index in [9.17, 15) is 4.79 Å². The topological polar surface area (TPSA) is 51.2 Å². The largest absolute Gasteiger partial charge is 0.490 e. The first-order valence-electron chi connectivity index (χ1n) is 9.34. The third kappa shape index (κ3) is 5.23. The molecule has 2 fully saturated rings. The number of likely N-dealkylation sites (tertiary alicyclic amines) is 1. The maximum absolute atomic E-state index is 12.3. The second-order valence-electron chi connectivity index (χ2n) is 6.50. The number of halogens is 1. The maximum Gasteiger partial charge on any atom is 0.260 e. The van der Waals surface area contributed by atoms with E-state index in [4.69, 9.17) is 26.4 Å². The van der Waals surface area contributed by atoms with Gasteiger partial charge in [0, 0.05) is 31.7 Å². The van der Waals surface area contributed by atoms with E-state index in [1.807, 2.05) is 24.0 Å². The Morgan fingerprint density at radius 3 is 2.52 bits per heavy atom. The maximum atomic E-state index is 12.3. The summed E-state index contributed by atoms with van der Waals surface area (Å²) in [5.41, 5.74) is 0.929. The van der Waals surface area contributed by atoms with Crippen molar-refractivity contribution in [2.45, 2.75) is 19.8 Å². The summed E-state index contributed by atoms with van der Waals surface area (Å²) in [5, 5.41) is 0. The first-order chi connectivity index (χ1) is 13.1. The molecule has 2 saturated heterocycles. The fraction of sp³-hybridized carbons (Fsp3) is 0.579. The molecule has 6 nitrogen and oxygen atoms in total. The summed E-state index contributed by atoms with van der Waals surface area (Å²) in [5.74, 6) is 1.27. The highest BCUT2D eigenvalue weighted by molar-refractivity contribution is 14.1. The molecule has 1 amide bonds. The first kappa shape index (κ1) is 20.6. The molecule has 0 unspecified atom stereocenters. The molecule has 1 aromatic carbocycles. The molecule has 2 heterocycles. The average molecular weight is 504 g/mol. The molecule has 0 aromatic heterocycles. The summed E-state index contributed by atoms with van der Waals surface area (Å²) in [6.07, 6.45) is 2.14. The Hall–Kier alpha value is -1.13. The molecule has 148 valence electrons. The number of carbonyl (C=O) groups excluding carboxylic acids is 1. The van der Waals surface area contributed by atoms with Crippen molar-refractivity contribution in [1.29, 1.82) is 0 Å². The highest BCUT2D eigenvalue weighted by atomic mass is 127. The number of morpholine rings is 1. The zero-order chi connectivity index (χ0) is 19.2. The number of hydrogen-bond donors (Lipinski definition) is 0. The Morgan fingerprint density at radius 2 is 1.85 bits per heavy atom. The van der Waals surface area contributed by atoms with Crippen LogP contribution < -0.4 is 9.47 Å². The molecule has 2 aliphatic heterocycles. The normalized spacial score (nSPS) is 17.1. The molecular weight excluding hydrogens is 479 g/mol. The van der Waals surface area contributed by atoms with Crippen molar-refractivity contribution in [1.82, 2.24) is 9.80 Å². The number of amides is 1. The molecular formula is C19H25IN2O4S. The fourth-order valence-electron chi connectivity index (χ4n) is 3.24. The molecule has 0 atom stereocenters. The number of ether oxygens (including phenoxy) is 3. The van der Waals surface area contributed by atoms with Crippen LogP contribution in [0.3, 0.4) is 0 Å². The Labute approximate surface area is 179 Å². The van der Waals surface area contributed by atoms with Crippen LogP contribution in [0.1, 0.15) is 25.3 Å². The monoisotopic (exact) mass is 504 g/mol. The fourth-order valence-corrected chi connectivity index (χ4v) is 4.29. The van der Waals surface area contributed by atoms with Crippen molar-refractivity contribution in [3.63, 3.8) is 0 Å². The van der Waals surface area contributed by atoms with Crippen molar-refractivity contribution >= 4 is 45.7 Å². The zero-order valence-electron chi connectivity index (χ0n) is 15.5. The minimum Gasteiger partial charge on any atom is -0.490 e. The van der Waals surface area contributed by atoms with Gasteiger partial charge in [0.1, 0.15) is 4.99 Å². The summed E-state index contributed by atoms with van der Waals surface area (Å²) >= 11 is 7.89. The van der Waals surface area contributed by atoms with Crippen molar-refractivity contribution < 1.29 is 19.0 Å². The number of rotatable bonds is 6. The highest BCUT2D eigenvalue weighted by Gasteiger charge is 2.22. The Morgan fingerprint density at radius 1 is 1.15 bits per heavy atom. The van der Waals surface area contributed by atoms with Gasteiger partial charge in [0.15, 0.2) is 18.1 Å². The molecule has 0 saturated carbocycles. The molecule has 27 heavy (non-hydrogen) atoms. The van der Waals surface area contributed by atoms with E-state index in [-0.39, 0.29) is 12.5 Å². The van der Waals surface area contributed by atoms with Crippen LogP contribution in [0.5, 0.6) is 11.5 Å². The molecule has 8 heteroatoms. The third-order valence-electron chi connectivity index (χ3n) is 4.65. The van der Waals surface area contributed by atoms with Gasteiger partial charge in [0.25, 0.3) is 5.91 Å². The van der Waals surface area contributed by atoms with Crippen LogP contribution in [-0.2, 0) is 9.53 Å². The molecule has 0 N–H and O–H groups in total. The van der Waals surface area contributed by atoms with Crippen LogP contribution in [0, 0.1) is 3.57 Å². The van der Waals surface area contributed by atoms with Crippen LogP contribution in [0.25, 0.3) is 0 Å². The van der Waals surface area contributed by atoms with E-state index in [2.05, 4.69) is 27.5 Å². The summed E-state index contributed by atoms with van der Waals surface area (Å²) in [6, 6.07) is 3.91. The zero-order valence-corrected chi connectivity index (χ0v) is 18.5. The van der Waals surface area contributed by atoms with E-state index in [0.29, 0.717) is 31.3 Å². The summed E-state index contributed by atoms with van der Waals surface area (Å²) in [4.78, 5) is 17.1. The molecule has 0 spiro atoms. The standard InChI is InChI=1S/C19H25IN2O4S/c1-2-25-16-12-14(19(27)22-7-9-24-10-8-22)11-15(20)18(16)26-13-17(23)21-5-3-4-6-21/h11-12H,2-10,13H2,1H3. The third-order valence-corrected chi connectivity index (χ3v) is 5.95. The highest BCUT2D eigenvalue weighted by Crippen LogP contribution is 2.35. The van der Waals surface area contributed by atoms with Crippen molar-refractivity contribution in [3.8, 4) is 11.5 Å².